The van der Waals surface area contributed by atoms with E-state index in [-0.39, 0.29) is 27.5 Å². The van der Waals surface area contributed by atoms with Crippen LogP contribution >= 0.6 is 0 Å². The van der Waals surface area contributed by atoms with Gasteiger partial charge in [-0.05, 0) is 61.4 Å². The van der Waals surface area contributed by atoms with E-state index in [1.165, 1.54) is 30.3 Å². The van der Waals surface area contributed by atoms with Gasteiger partial charge < -0.3 is 14.7 Å². The fraction of sp³-hybridized carbons (Fsp3) is 0.185. The van der Waals surface area contributed by atoms with Crippen molar-refractivity contribution in [2.24, 2.45) is 0 Å². The first kappa shape index (κ1) is 25.5. The summed E-state index contributed by atoms with van der Waals surface area (Å²) in [7, 11) is -3.13. The molecule has 5 rings (SSSR count). The summed E-state index contributed by atoms with van der Waals surface area (Å²) in [6, 6.07) is 16.2. The summed E-state index contributed by atoms with van der Waals surface area (Å²) < 4.78 is 70.1. The lowest BCUT2D eigenvalue weighted by Gasteiger charge is -2.31. The second kappa shape index (κ2) is 9.01. The lowest BCUT2D eigenvalue weighted by atomic mass is 9.85. The zero-order chi connectivity index (χ0) is 27.4. The van der Waals surface area contributed by atoms with E-state index in [1.807, 2.05) is 37.3 Å². The molecule has 2 aromatic heterocycles. The number of aliphatic hydroxyl groups is 1. The quantitative estimate of drug-likeness (QED) is 0.276. The Morgan fingerprint density at radius 1 is 1.08 bits per heavy atom. The highest BCUT2D eigenvalue weighted by Crippen LogP contribution is 2.48. The fourth-order valence-corrected chi connectivity index (χ4v) is 5.39. The zero-order valence-corrected chi connectivity index (χ0v) is 21.1. The van der Waals surface area contributed by atoms with E-state index >= 15 is 0 Å². The topological polar surface area (TPSA) is 112 Å². The number of benzene rings is 3. The molecule has 1 unspecified atom stereocenters. The van der Waals surface area contributed by atoms with E-state index in [4.69, 9.17) is 5.26 Å². The van der Waals surface area contributed by atoms with Crippen LogP contribution in [0.1, 0.15) is 33.6 Å². The van der Waals surface area contributed by atoms with Gasteiger partial charge in [0.1, 0.15) is 10.7 Å². The molecule has 0 saturated heterocycles. The molecule has 194 valence electrons. The summed E-state index contributed by atoms with van der Waals surface area (Å²) in [6.45, 7) is 3.59. The van der Waals surface area contributed by atoms with Gasteiger partial charge in [-0.3, -0.25) is 0 Å². The molecule has 38 heavy (non-hydrogen) atoms. The van der Waals surface area contributed by atoms with Crippen molar-refractivity contribution in [3.63, 3.8) is 0 Å². The maximum absolute atomic E-state index is 14.9. The summed E-state index contributed by atoms with van der Waals surface area (Å²) in [5.74, 6) is -1.54. The molecule has 3 aromatic carbocycles. The number of fused-ring (bicyclic) bond motifs is 2. The molecule has 0 amide bonds. The third-order valence-electron chi connectivity index (χ3n) is 6.58. The molecule has 1 atom stereocenters. The molecular formula is C27H21F3N4O3S. The summed E-state index contributed by atoms with van der Waals surface area (Å²) in [4.78, 5) is 6.57. The minimum atomic E-state index is -5.30. The summed E-state index contributed by atoms with van der Waals surface area (Å²) in [6.07, 6.45) is -3.71. The van der Waals surface area contributed by atoms with Gasteiger partial charge in [-0.1, -0.05) is 23.8 Å². The van der Waals surface area contributed by atoms with Crippen LogP contribution in [0.5, 0.6) is 0 Å². The summed E-state index contributed by atoms with van der Waals surface area (Å²) >= 11 is 0. The van der Waals surface area contributed by atoms with Gasteiger partial charge >= 0.3 is 6.18 Å². The van der Waals surface area contributed by atoms with Crippen LogP contribution in [0.4, 0.5) is 13.2 Å². The smallest absolute Gasteiger partial charge is 0.370 e. The van der Waals surface area contributed by atoms with E-state index in [1.54, 1.807) is 17.7 Å². The number of hydrogen-bond acceptors (Lipinski definition) is 5. The Balaban J connectivity index is 1.88. The number of aryl methyl sites for hydroxylation is 2. The van der Waals surface area contributed by atoms with Gasteiger partial charge in [0, 0.05) is 22.8 Å². The van der Waals surface area contributed by atoms with Crippen molar-refractivity contribution in [1.29, 1.82) is 5.26 Å². The molecule has 0 aliphatic carbocycles. The third-order valence-corrected chi connectivity index (χ3v) is 7.18. The SMILES string of the molecule is Cc1ccc(-n2ccc3c(C(O)(c4nc5cc(C#N)ccc5[nH]4)C(F)(F)F)c(C[SH](=O)=O)cc(C)c32)cc1. The summed E-state index contributed by atoms with van der Waals surface area (Å²) in [5.41, 5.74) is -1.47. The van der Waals surface area contributed by atoms with E-state index < -0.39 is 39.6 Å². The number of nitriles is 1. The number of imidazole rings is 1. The number of halogens is 3. The molecule has 11 heteroatoms. The molecule has 0 aliphatic heterocycles. The van der Waals surface area contributed by atoms with Gasteiger partial charge in [0.15, 0.2) is 5.82 Å². The number of hydrogen-bond donors (Lipinski definition) is 3. The van der Waals surface area contributed by atoms with E-state index in [0.29, 0.717) is 16.8 Å². The lowest BCUT2D eigenvalue weighted by molar-refractivity contribution is -0.250. The minimum Gasteiger partial charge on any atom is -0.370 e. The van der Waals surface area contributed by atoms with Crippen molar-refractivity contribution >= 4 is 32.6 Å². The molecule has 2 heterocycles. The van der Waals surface area contributed by atoms with Gasteiger partial charge in [0.2, 0.25) is 5.60 Å². The van der Waals surface area contributed by atoms with Crippen molar-refractivity contribution in [2.45, 2.75) is 31.4 Å². The van der Waals surface area contributed by atoms with E-state index in [9.17, 15) is 26.7 Å². The second-order valence-corrected chi connectivity index (χ2v) is 10.1. The second-order valence-electron chi connectivity index (χ2n) is 9.14. The van der Waals surface area contributed by atoms with Crippen molar-refractivity contribution < 1.29 is 26.7 Å². The summed E-state index contributed by atoms with van der Waals surface area (Å²) in [5, 5.41) is 20.8. The maximum Gasteiger partial charge on any atom is 0.428 e. The number of H-pyrrole nitrogens is 1. The van der Waals surface area contributed by atoms with Crippen LogP contribution in [-0.2, 0) is 22.1 Å². The van der Waals surface area contributed by atoms with Gasteiger partial charge in [0.25, 0.3) is 0 Å². The van der Waals surface area contributed by atoms with Crippen LogP contribution < -0.4 is 0 Å². The van der Waals surface area contributed by atoms with Crippen LogP contribution in [0.2, 0.25) is 0 Å². The fourth-order valence-electron chi connectivity index (χ4n) is 4.86. The Morgan fingerprint density at radius 3 is 2.42 bits per heavy atom. The molecule has 0 radical (unpaired) electrons. The molecule has 5 aromatic rings. The average molecular weight is 539 g/mol. The first-order valence-corrected chi connectivity index (χ1v) is 12.8. The molecule has 0 bridgehead atoms. The zero-order valence-electron chi connectivity index (χ0n) is 20.2. The standard InChI is InChI=1S/C27H21F3N4O3S/c1-15-3-6-19(7-4-15)34-10-9-20-23(18(14-38(36)37)11-16(2)24(20)34)26(35,27(28,29)30)25-32-21-8-5-17(13-31)12-22(21)33-25/h3-12,35,38H,14H2,1-2H3,(H,32,33). The Morgan fingerprint density at radius 2 is 1.79 bits per heavy atom. The van der Waals surface area contributed by atoms with Crippen LogP contribution in [0, 0.1) is 25.2 Å². The number of nitrogens with one attached hydrogen (secondary N) is 1. The molecule has 0 spiro atoms. The molecule has 7 nitrogen and oxygen atoms in total. The minimum absolute atomic E-state index is 0.0374. The van der Waals surface area contributed by atoms with Crippen molar-refractivity contribution in [1.82, 2.24) is 14.5 Å². The molecule has 0 saturated carbocycles. The molecular weight excluding hydrogens is 517 g/mol. The van der Waals surface area contributed by atoms with Gasteiger partial charge in [-0.2, -0.15) is 18.4 Å². The number of aromatic amines is 1. The monoisotopic (exact) mass is 538 g/mol. The third kappa shape index (κ3) is 4.02. The Labute approximate surface area is 216 Å². The largest absolute Gasteiger partial charge is 0.428 e. The highest BCUT2D eigenvalue weighted by molar-refractivity contribution is 7.71. The Hall–Kier alpha value is -4.14. The Bertz CT molecular complexity index is 1820. The lowest BCUT2D eigenvalue weighted by Crippen LogP contribution is -2.45. The Kier molecular flexibility index (Phi) is 6.04. The van der Waals surface area contributed by atoms with Crippen molar-refractivity contribution in [3.8, 4) is 11.8 Å². The predicted octanol–water partition coefficient (Wildman–Crippen LogP) is 4.90. The van der Waals surface area contributed by atoms with E-state index in [0.717, 1.165) is 5.56 Å². The highest BCUT2D eigenvalue weighted by Gasteiger charge is 2.60. The van der Waals surface area contributed by atoms with E-state index in [2.05, 4.69) is 9.97 Å². The number of thiol groups is 1. The van der Waals surface area contributed by atoms with Gasteiger partial charge in [0.05, 0.1) is 33.9 Å². The number of alkyl halides is 3. The number of nitrogens with zero attached hydrogens (tertiary/aromatic N) is 3. The van der Waals surface area contributed by atoms with Crippen LogP contribution in [-0.4, -0.2) is 34.2 Å². The number of aromatic nitrogens is 3. The van der Waals surface area contributed by atoms with Crippen LogP contribution in [0.15, 0.2) is 60.8 Å². The van der Waals surface area contributed by atoms with Gasteiger partial charge in [-0.25, -0.2) is 13.4 Å². The maximum atomic E-state index is 14.9. The average Bonchev–Trinajstić information content (AvgIpc) is 3.48. The number of rotatable bonds is 5. The highest BCUT2D eigenvalue weighted by atomic mass is 32.2. The van der Waals surface area contributed by atoms with Crippen LogP contribution in [0.25, 0.3) is 27.6 Å². The van der Waals surface area contributed by atoms with Crippen molar-refractivity contribution in [2.75, 3.05) is 0 Å². The first-order chi connectivity index (χ1) is 17.9. The molecule has 2 N–H and O–H groups in total. The van der Waals surface area contributed by atoms with Gasteiger partial charge in [-0.15, -0.1) is 0 Å². The molecule has 0 fully saturated rings. The first-order valence-electron chi connectivity index (χ1n) is 11.5. The molecule has 0 aliphatic rings. The van der Waals surface area contributed by atoms with Crippen molar-refractivity contribution in [3.05, 3.63) is 94.4 Å². The predicted molar refractivity (Wildman–Crippen MR) is 137 cm³/mol. The normalized spacial score (nSPS) is 13.7. The van der Waals surface area contributed by atoms with Crippen LogP contribution in [0.3, 0.4) is 0 Å².